The van der Waals surface area contributed by atoms with E-state index in [2.05, 4.69) is 0 Å². The first-order chi connectivity index (χ1) is 17.4. The van der Waals surface area contributed by atoms with Crippen LogP contribution in [0.1, 0.15) is 16.7 Å². The normalized spacial score (nSPS) is 15.6. The second-order valence-electron chi connectivity index (χ2n) is 7.82. The molecule has 0 bridgehead atoms. The zero-order valence-corrected chi connectivity index (χ0v) is 21.3. The first-order valence-corrected chi connectivity index (χ1v) is 12.4. The largest absolute Gasteiger partial charge is 0.493 e. The zero-order chi connectivity index (χ0) is 25.2. The van der Waals surface area contributed by atoms with Gasteiger partial charge in [0.15, 0.2) is 23.0 Å². The van der Waals surface area contributed by atoms with Crippen LogP contribution in [0.3, 0.4) is 0 Å². The Morgan fingerprint density at radius 2 is 1.78 bits per heavy atom. The van der Waals surface area contributed by atoms with Gasteiger partial charge in [0.1, 0.15) is 6.61 Å². The van der Waals surface area contributed by atoms with Crippen LogP contribution < -0.4 is 18.9 Å². The van der Waals surface area contributed by atoms with Gasteiger partial charge in [0, 0.05) is 27.2 Å². The molecule has 5 rings (SSSR count). The van der Waals surface area contributed by atoms with Crippen molar-refractivity contribution in [2.24, 2.45) is 0 Å². The quantitative estimate of drug-likeness (QED) is 0.313. The Labute approximate surface area is 221 Å². The number of methoxy groups -OCH3 is 1. The van der Waals surface area contributed by atoms with E-state index < -0.39 is 11.1 Å². The smallest absolute Gasteiger partial charge is 0.293 e. The van der Waals surface area contributed by atoms with Gasteiger partial charge in [-0.05, 0) is 41.6 Å². The summed E-state index contributed by atoms with van der Waals surface area (Å²) in [6.45, 7) is 0.303. The standard InChI is InChI=1S/C26H19Cl2NO6S/c1-32-20-8-4-6-15(24(20)33-13-16-5-2-3-7-18(16)27)10-23-25(30)29(26(31)36-23)12-17-9-21-22(11-19(17)28)35-14-34-21/h2-11H,12-14H2,1H3/b23-10-. The predicted octanol–water partition coefficient (Wildman–Crippen LogP) is 6.55. The van der Waals surface area contributed by atoms with E-state index in [0.717, 1.165) is 22.2 Å². The van der Waals surface area contributed by atoms with Gasteiger partial charge < -0.3 is 18.9 Å². The molecule has 2 aliphatic heterocycles. The average molecular weight is 544 g/mol. The number of ether oxygens (including phenoxy) is 4. The number of thioether (sulfide) groups is 1. The van der Waals surface area contributed by atoms with Gasteiger partial charge in [0.25, 0.3) is 11.1 Å². The molecule has 1 saturated heterocycles. The third-order valence-corrected chi connectivity index (χ3v) is 7.22. The third-order valence-electron chi connectivity index (χ3n) is 5.59. The Balaban J connectivity index is 1.40. The number of nitrogens with zero attached hydrogens (tertiary/aromatic N) is 1. The zero-order valence-electron chi connectivity index (χ0n) is 19.0. The van der Waals surface area contributed by atoms with Crippen molar-refractivity contribution in [3.05, 3.63) is 86.2 Å². The lowest BCUT2D eigenvalue weighted by Crippen LogP contribution is -2.27. The highest BCUT2D eigenvalue weighted by Crippen LogP contribution is 2.41. The minimum absolute atomic E-state index is 0.00541. The van der Waals surface area contributed by atoms with Gasteiger partial charge in [-0.1, -0.05) is 53.5 Å². The summed E-state index contributed by atoms with van der Waals surface area (Å²) in [6, 6.07) is 16.0. The van der Waals surface area contributed by atoms with E-state index >= 15 is 0 Å². The number of hydrogen-bond donors (Lipinski definition) is 0. The number of fused-ring (bicyclic) bond motifs is 1. The van der Waals surface area contributed by atoms with E-state index in [-0.39, 0.29) is 24.8 Å². The number of imide groups is 1. The SMILES string of the molecule is COc1cccc(/C=C2\SC(=O)N(Cc3cc4c(cc3Cl)OCO4)C2=O)c1OCc1ccccc1Cl. The van der Waals surface area contributed by atoms with Gasteiger partial charge in [-0.15, -0.1) is 0 Å². The molecular formula is C26H19Cl2NO6S. The van der Waals surface area contributed by atoms with Crippen LogP contribution in [0.2, 0.25) is 10.0 Å². The number of rotatable bonds is 7. The molecular weight excluding hydrogens is 525 g/mol. The maximum atomic E-state index is 13.2. The van der Waals surface area contributed by atoms with Crippen LogP contribution in [-0.2, 0) is 17.9 Å². The molecule has 10 heteroatoms. The molecule has 0 aromatic heterocycles. The molecule has 3 aromatic carbocycles. The predicted molar refractivity (Wildman–Crippen MR) is 138 cm³/mol. The van der Waals surface area contributed by atoms with Crippen molar-refractivity contribution >= 4 is 52.2 Å². The Kier molecular flexibility index (Phi) is 7.00. The van der Waals surface area contributed by atoms with Crippen LogP contribution in [0.4, 0.5) is 4.79 Å². The van der Waals surface area contributed by atoms with Crippen molar-refractivity contribution in [2.45, 2.75) is 13.2 Å². The average Bonchev–Trinajstić information content (AvgIpc) is 3.43. The molecule has 7 nitrogen and oxygen atoms in total. The van der Waals surface area contributed by atoms with Gasteiger partial charge in [0.2, 0.25) is 6.79 Å². The summed E-state index contributed by atoms with van der Waals surface area (Å²) < 4.78 is 22.2. The van der Waals surface area contributed by atoms with Crippen LogP contribution in [0.25, 0.3) is 6.08 Å². The second-order valence-corrected chi connectivity index (χ2v) is 9.63. The van der Waals surface area contributed by atoms with Gasteiger partial charge in [-0.2, -0.15) is 0 Å². The van der Waals surface area contributed by atoms with Crippen LogP contribution in [0, 0.1) is 0 Å². The van der Waals surface area contributed by atoms with Crippen molar-refractivity contribution < 1.29 is 28.5 Å². The molecule has 0 atom stereocenters. The highest BCUT2D eigenvalue weighted by molar-refractivity contribution is 8.18. The van der Waals surface area contributed by atoms with Crippen molar-refractivity contribution in [1.29, 1.82) is 0 Å². The summed E-state index contributed by atoms with van der Waals surface area (Å²) in [4.78, 5) is 27.3. The number of halogens is 2. The minimum Gasteiger partial charge on any atom is -0.493 e. The fourth-order valence-electron chi connectivity index (χ4n) is 3.76. The molecule has 36 heavy (non-hydrogen) atoms. The van der Waals surface area contributed by atoms with Crippen molar-refractivity contribution in [3.63, 3.8) is 0 Å². The van der Waals surface area contributed by atoms with E-state index in [1.807, 2.05) is 18.2 Å². The summed E-state index contributed by atoms with van der Waals surface area (Å²) in [6.07, 6.45) is 1.62. The highest BCUT2D eigenvalue weighted by atomic mass is 35.5. The van der Waals surface area contributed by atoms with E-state index in [4.69, 9.17) is 42.1 Å². The number of benzene rings is 3. The molecule has 184 valence electrons. The molecule has 2 aliphatic rings. The van der Waals surface area contributed by atoms with Gasteiger partial charge >= 0.3 is 0 Å². The third kappa shape index (κ3) is 4.84. The Bertz CT molecular complexity index is 1390. The lowest BCUT2D eigenvalue weighted by Gasteiger charge is -2.15. The highest BCUT2D eigenvalue weighted by Gasteiger charge is 2.36. The number of amides is 2. The van der Waals surface area contributed by atoms with Gasteiger partial charge in [-0.25, -0.2) is 0 Å². The molecule has 1 fully saturated rings. The summed E-state index contributed by atoms with van der Waals surface area (Å²) in [5.41, 5.74) is 1.97. The maximum absolute atomic E-state index is 13.2. The van der Waals surface area contributed by atoms with Crippen molar-refractivity contribution in [3.8, 4) is 23.0 Å². The van der Waals surface area contributed by atoms with Crippen LogP contribution >= 0.6 is 35.0 Å². The first-order valence-electron chi connectivity index (χ1n) is 10.8. The van der Waals surface area contributed by atoms with Crippen LogP contribution in [0.5, 0.6) is 23.0 Å². The Morgan fingerprint density at radius 1 is 1.00 bits per heavy atom. The fourth-order valence-corrected chi connectivity index (χ4v) is 4.99. The molecule has 0 radical (unpaired) electrons. The molecule has 0 unspecified atom stereocenters. The summed E-state index contributed by atoms with van der Waals surface area (Å²) in [5.74, 6) is 1.54. The lowest BCUT2D eigenvalue weighted by molar-refractivity contribution is -0.123. The van der Waals surface area contributed by atoms with Crippen molar-refractivity contribution in [2.75, 3.05) is 13.9 Å². The molecule has 2 heterocycles. The lowest BCUT2D eigenvalue weighted by atomic mass is 10.1. The van der Waals surface area contributed by atoms with Crippen molar-refractivity contribution in [1.82, 2.24) is 4.90 Å². The summed E-state index contributed by atoms with van der Waals surface area (Å²) in [5, 5.41) is 0.559. The summed E-state index contributed by atoms with van der Waals surface area (Å²) in [7, 11) is 1.53. The number of carbonyl (C=O) groups is 2. The molecule has 0 N–H and O–H groups in total. The second kappa shape index (κ2) is 10.3. The van der Waals surface area contributed by atoms with Gasteiger partial charge in [0.05, 0.1) is 18.6 Å². The van der Waals surface area contributed by atoms with E-state index in [9.17, 15) is 9.59 Å². The van der Waals surface area contributed by atoms with Crippen LogP contribution in [0.15, 0.2) is 59.5 Å². The Hall–Kier alpha value is -3.33. The Morgan fingerprint density at radius 3 is 2.56 bits per heavy atom. The van der Waals surface area contributed by atoms with Gasteiger partial charge in [-0.3, -0.25) is 14.5 Å². The topological polar surface area (TPSA) is 74.3 Å². The van der Waals surface area contributed by atoms with E-state index in [1.165, 1.54) is 7.11 Å². The molecule has 2 amide bonds. The molecule has 0 aliphatic carbocycles. The number of hydrogen-bond acceptors (Lipinski definition) is 7. The summed E-state index contributed by atoms with van der Waals surface area (Å²) >= 11 is 13.5. The minimum atomic E-state index is -0.432. The molecule has 0 spiro atoms. The molecule has 3 aromatic rings. The van der Waals surface area contributed by atoms with E-state index in [0.29, 0.717) is 44.2 Å². The maximum Gasteiger partial charge on any atom is 0.293 e. The molecule has 0 saturated carbocycles. The van der Waals surface area contributed by atoms with Crippen LogP contribution in [-0.4, -0.2) is 29.9 Å². The first kappa shape index (κ1) is 24.4. The number of carbonyl (C=O) groups excluding carboxylic acids is 2. The fraction of sp³-hybridized carbons (Fsp3) is 0.154. The monoisotopic (exact) mass is 543 g/mol. The van der Waals surface area contributed by atoms with E-state index in [1.54, 1.807) is 42.5 Å². The number of para-hydroxylation sites is 1.